The van der Waals surface area contributed by atoms with E-state index in [9.17, 15) is 4.79 Å². The second kappa shape index (κ2) is 5.66. The van der Waals surface area contributed by atoms with Crippen LogP contribution in [-0.2, 0) is 11.2 Å². The molecule has 19 heavy (non-hydrogen) atoms. The first-order valence-electron chi connectivity index (χ1n) is 6.89. The smallest absolute Gasteiger partial charge is 0.165 e. The largest absolute Gasteiger partial charge is 0.294 e. The fourth-order valence-corrected chi connectivity index (χ4v) is 3.48. The molecule has 0 fully saturated rings. The number of carbonyl (C=O) groups is 1. The number of ketones is 1. The molecule has 3 rings (SSSR count). The van der Waals surface area contributed by atoms with Crippen LogP contribution in [0.3, 0.4) is 0 Å². The molecule has 1 aliphatic rings. The van der Waals surface area contributed by atoms with Crippen molar-refractivity contribution in [3.63, 3.8) is 0 Å². The number of aromatic nitrogens is 1. The van der Waals surface area contributed by atoms with Gasteiger partial charge in [0.15, 0.2) is 5.78 Å². The predicted molar refractivity (Wildman–Crippen MR) is 79.5 cm³/mol. The van der Waals surface area contributed by atoms with E-state index in [-0.39, 0.29) is 5.78 Å². The highest BCUT2D eigenvalue weighted by Gasteiger charge is 2.14. The quantitative estimate of drug-likeness (QED) is 0.833. The van der Waals surface area contributed by atoms with Crippen LogP contribution in [0.25, 0.3) is 10.2 Å². The minimum atomic E-state index is 0.265. The summed E-state index contributed by atoms with van der Waals surface area (Å²) in [7, 11) is 0. The van der Waals surface area contributed by atoms with Crippen molar-refractivity contribution in [1.29, 1.82) is 0 Å². The molecule has 0 unspecified atom stereocenters. The van der Waals surface area contributed by atoms with E-state index >= 15 is 0 Å². The van der Waals surface area contributed by atoms with Gasteiger partial charge in [-0.1, -0.05) is 24.6 Å². The molecule has 3 heteroatoms. The lowest BCUT2D eigenvalue weighted by Gasteiger charge is -2.02. The van der Waals surface area contributed by atoms with Crippen molar-refractivity contribution in [1.82, 2.24) is 4.98 Å². The fraction of sp³-hybridized carbons (Fsp3) is 0.375. The molecule has 0 saturated heterocycles. The number of thiazole rings is 1. The summed E-state index contributed by atoms with van der Waals surface area (Å²) in [6, 6.07) is 8.07. The average molecular weight is 271 g/mol. The van der Waals surface area contributed by atoms with Gasteiger partial charge in [0.1, 0.15) is 5.01 Å². The zero-order valence-electron chi connectivity index (χ0n) is 10.9. The number of rotatable bonds is 3. The Morgan fingerprint density at radius 2 is 2.11 bits per heavy atom. The molecule has 0 atom stereocenters. The first kappa shape index (κ1) is 12.5. The maximum absolute atomic E-state index is 12.3. The zero-order valence-corrected chi connectivity index (χ0v) is 11.7. The topological polar surface area (TPSA) is 30.0 Å². The lowest BCUT2D eigenvalue weighted by atomic mass is 10.0. The summed E-state index contributed by atoms with van der Waals surface area (Å²) in [4.78, 5) is 16.8. The normalized spacial score (nSPS) is 16.1. The van der Waals surface area contributed by atoms with Gasteiger partial charge in [-0.05, 0) is 43.4 Å². The maximum atomic E-state index is 12.3. The van der Waals surface area contributed by atoms with Gasteiger partial charge in [-0.15, -0.1) is 11.3 Å². The third-order valence-electron chi connectivity index (χ3n) is 3.55. The van der Waals surface area contributed by atoms with Gasteiger partial charge >= 0.3 is 0 Å². The Hall–Kier alpha value is -1.48. The Bertz CT molecular complexity index is 593. The van der Waals surface area contributed by atoms with Gasteiger partial charge in [-0.2, -0.15) is 0 Å². The first-order valence-corrected chi connectivity index (χ1v) is 7.71. The van der Waals surface area contributed by atoms with E-state index in [1.165, 1.54) is 17.5 Å². The number of allylic oxidation sites excluding steroid dienone is 2. The Morgan fingerprint density at radius 3 is 3.00 bits per heavy atom. The highest BCUT2D eigenvalue weighted by Crippen LogP contribution is 2.24. The van der Waals surface area contributed by atoms with Crippen molar-refractivity contribution >= 4 is 27.3 Å². The van der Waals surface area contributed by atoms with Crippen LogP contribution in [-0.4, -0.2) is 10.8 Å². The number of nitrogens with zero attached hydrogens (tertiary/aromatic N) is 1. The highest BCUT2D eigenvalue weighted by molar-refractivity contribution is 7.18. The Labute approximate surface area is 117 Å². The molecule has 1 aliphatic carbocycles. The molecule has 1 heterocycles. The summed E-state index contributed by atoms with van der Waals surface area (Å²) in [6.07, 6.45) is 8.22. The summed E-state index contributed by atoms with van der Waals surface area (Å²) >= 11 is 1.64. The zero-order chi connectivity index (χ0) is 13.1. The van der Waals surface area contributed by atoms with Crippen molar-refractivity contribution in [3.8, 4) is 0 Å². The van der Waals surface area contributed by atoms with Gasteiger partial charge in [-0.3, -0.25) is 4.79 Å². The Balaban J connectivity index is 1.76. The van der Waals surface area contributed by atoms with Gasteiger partial charge in [0, 0.05) is 0 Å². The van der Waals surface area contributed by atoms with Crippen molar-refractivity contribution in [2.75, 3.05) is 0 Å². The van der Waals surface area contributed by atoms with Crippen molar-refractivity contribution < 1.29 is 4.79 Å². The SMILES string of the molecule is O=C(Cc1nc2ccccc2s1)C1=CCCCCC1. The molecule has 2 aromatic rings. The molecule has 98 valence electrons. The van der Waals surface area contributed by atoms with Crippen molar-refractivity contribution in [2.45, 2.75) is 38.5 Å². The minimum absolute atomic E-state index is 0.265. The first-order chi connectivity index (χ1) is 9.33. The molecule has 0 radical (unpaired) electrons. The molecule has 1 aromatic carbocycles. The third-order valence-corrected chi connectivity index (χ3v) is 4.59. The maximum Gasteiger partial charge on any atom is 0.165 e. The lowest BCUT2D eigenvalue weighted by molar-refractivity contribution is -0.115. The highest BCUT2D eigenvalue weighted by atomic mass is 32.1. The lowest BCUT2D eigenvalue weighted by Crippen LogP contribution is -2.06. The number of Topliss-reactive ketones (excluding diaryl/α,β-unsaturated/α-hetero) is 1. The fourth-order valence-electron chi connectivity index (χ4n) is 2.51. The van der Waals surface area contributed by atoms with Crippen LogP contribution < -0.4 is 0 Å². The molecule has 1 aromatic heterocycles. The van der Waals surface area contributed by atoms with Crippen LogP contribution in [0.5, 0.6) is 0 Å². The molecule has 0 saturated carbocycles. The number of hydrogen-bond donors (Lipinski definition) is 0. The molecular weight excluding hydrogens is 254 g/mol. The van der Waals surface area contributed by atoms with Crippen LogP contribution in [0.15, 0.2) is 35.9 Å². The van der Waals surface area contributed by atoms with Crippen LogP contribution in [0.4, 0.5) is 0 Å². The van der Waals surface area contributed by atoms with Crippen LogP contribution >= 0.6 is 11.3 Å². The number of carbonyl (C=O) groups excluding carboxylic acids is 1. The Kier molecular flexibility index (Phi) is 3.74. The number of hydrogen-bond acceptors (Lipinski definition) is 3. The van der Waals surface area contributed by atoms with E-state index in [1.54, 1.807) is 11.3 Å². The van der Waals surface area contributed by atoms with Crippen LogP contribution in [0.1, 0.15) is 37.1 Å². The number of para-hydroxylation sites is 1. The van der Waals surface area contributed by atoms with Crippen molar-refractivity contribution in [3.05, 3.63) is 40.9 Å². The van der Waals surface area contributed by atoms with Crippen molar-refractivity contribution in [2.24, 2.45) is 0 Å². The van der Waals surface area contributed by atoms with Gasteiger partial charge in [0.05, 0.1) is 16.6 Å². The third kappa shape index (κ3) is 2.92. The minimum Gasteiger partial charge on any atom is -0.294 e. The summed E-state index contributed by atoms with van der Waals surface area (Å²) in [5.41, 5.74) is 2.03. The monoisotopic (exact) mass is 271 g/mol. The van der Waals surface area contributed by atoms with E-state index in [0.717, 1.165) is 35.4 Å². The predicted octanol–water partition coefficient (Wildman–Crippen LogP) is 4.30. The van der Waals surface area contributed by atoms with Gasteiger partial charge in [0.25, 0.3) is 0 Å². The molecular formula is C16H17NOS. The van der Waals surface area contributed by atoms with E-state index in [2.05, 4.69) is 17.1 Å². The molecule has 0 spiro atoms. The second-order valence-corrected chi connectivity index (χ2v) is 6.12. The van der Waals surface area contributed by atoms with E-state index in [1.807, 2.05) is 18.2 Å². The number of benzene rings is 1. The summed E-state index contributed by atoms with van der Waals surface area (Å²) in [5.74, 6) is 0.265. The van der Waals surface area contributed by atoms with Gasteiger partial charge < -0.3 is 0 Å². The molecule has 0 N–H and O–H groups in total. The van der Waals surface area contributed by atoms with Gasteiger partial charge in [0.2, 0.25) is 0 Å². The second-order valence-electron chi connectivity index (χ2n) is 5.00. The van der Waals surface area contributed by atoms with E-state index in [0.29, 0.717) is 6.42 Å². The average Bonchev–Trinajstić information content (AvgIpc) is 2.63. The van der Waals surface area contributed by atoms with Crippen LogP contribution in [0.2, 0.25) is 0 Å². The van der Waals surface area contributed by atoms with Crippen LogP contribution in [0, 0.1) is 0 Å². The number of fused-ring (bicyclic) bond motifs is 1. The summed E-state index contributed by atoms with van der Waals surface area (Å²) in [5, 5.41) is 0.941. The Morgan fingerprint density at radius 1 is 1.21 bits per heavy atom. The van der Waals surface area contributed by atoms with Gasteiger partial charge in [-0.25, -0.2) is 4.98 Å². The molecule has 0 aliphatic heterocycles. The molecule has 0 amide bonds. The summed E-state index contributed by atoms with van der Waals surface area (Å²) < 4.78 is 1.17. The summed E-state index contributed by atoms with van der Waals surface area (Å²) in [6.45, 7) is 0. The molecule has 2 nitrogen and oxygen atoms in total. The molecule has 0 bridgehead atoms. The van der Waals surface area contributed by atoms with E-state index in [4.69, 9.17) is 0 Å². The standard InChI is InChI=1S/C16H17NOS/c18-14(12-7-3-1-2-4-8-12)11-16-17-13-9-5-6-10-15(13)19-16/h5-7,9-10H,1-4,8,11H2. The van der Waals surface area contributed by atoms with E-state index < -0.39 is 0 Å².